The minimum absolute atomic E-state index is 0.234. The standard InChI is InChI=1S/C18H25N5O/c1-13-7-5-8-15(11-13)21-17(24)16-12-14(2)20-18(22-16)19-9-6-10-23(3)4/h5,7-8,11-12H,6,9-10H2,1-4H3,(H,21,24)(H,19,20,22). The highest BCUT2D eigenvalue weighted by molar-refractivity contribution is 6.03. The van der Waals surface area contributed by atoms with Gasteiger partial charge in [0.25, 0.3) is 5.91 Å². The summed E-state index contributed by atoms with van der Waals surface area (Å²) in [7, 11) is 4.08. The Labute approximate surface area is 143 Å². The fourth-order valence-corrected chi connectivity index (χ4v) is 2.28. The molecule has 0 bridgehead atoms. The van der Waals surface area contributed by atoms with Gasteiger partial charge in [0, 0.05) is 17.9 Å². The van der Waals surface area contributed by atoms with E-state index in [4.69, 9.17) is 0 Å². The van der Waals surface area contributed by atoms with Crippen LogP contribution < -0.4 is 10.6 Å². The quantitative estimate of drug-likeness (QED) is 0.765. The average molecular weight is 327 g/mol. The number of aromatic nitrogens is 2. The van der Waals surface area contributed by atoms with Crippen LogP contribution in [0.2, 0.25) is 0 Å². The molecule has 1 aromatic heterocycles. The van der Waals surface area contributed by atoms with Crippen LogP contribution in [-0.4, -0.2) is 48.0 Å². The number of amides is 1. The van der Waals surface area contributed by atoms with E-state index in [1.54, 1.807) is 6.07 Å². The number of hydrogen-bond acceptors (Lipinski definition) is 5. The second kappa shape index (κ2) is 8.40. The number of carbonyl (C=O) groups excluding carboxylic acids is 1. The first-order valence-electron chi connectivity index (χ1n) is 8.06. The second-order valence-electron chi connectivity index (χ2n) is 6.13. The van der Waals surface area contributed by atoms with Crippen LogP contribution >= 0.6 is 0 Å². The van der Waals surface area contributed by atoms with E-state index >= 15 is 0 Å². The number of nitrogens with one attached hydrogen (secondary N) is 2. The molecule has 0 spiro atoms. The van der Waals surface area contributed by atoms with E-state index in [0.29, 0.717) is 11.6 Å². The normalized spacial score (nSPS) is 10.7. The van der Waals surface area contributed by atoms with Crippen molar-refractivity contribution in [2.75, 3.05) is 37.8 Å². The summed E-state index contributed by atoms with van der Waals surface area (Å²) in [6.45, 7) is 5.59. The van der Waals surface area contributed by atoms with E-state index in [1.807, 2.05) is 52.2 Å². The highest BCUT2D eigenvalue weighted by Gasteiger charge is 2.11. The van der Waals surface area contributed by atoms with E-state index in [2.05, 4.69) is 25.5 Å². The predicted octanol–water partition coefficient (Wildman–Crippen LogP) is 2.71. The Balaban J connectivity index is 2.02. The van der Waals surface area contributed by atoms with E-state index in [9.17, 15) is 4.79 Å². The van der Waals surface area contributed by atoms with Gasteiger partial charge in [0.05, 0.1) is 0 Å². The second-order valence-corrected chi connectivity index (χ2v) is 6.13. The first-order chi connectivity index (χ1) is 11.4. The van der Waals surface area contributed by atoms with Gasteiger partial charge in [-0.25, -0.2) is 9.97 Å². The van der Waals surface area contributed by atoms with Crippen LogP contribution in [-0.2, 0) is 0 Å². The molecule has 1 aromatic carbocycles. The summed E-state index contributed by atoms with van der Waals surface area (Å²) in [5, 5.41) is 6.05. The summed E-state index contributed by atoms with van der Waals surface area (Å²) in [4.78, 5) is 23.2. The predicted molar refractivity (Wildman–Crippen MR) is 97.6 cm³/mol. The zero-order valence-electron chi connectivity index (χ0n) is 14.8. The first kappa shape index (κ1) is 17.9. The molecule has 6 heteroatoms. The largest absolute Gasteiger partial charge is 0.354 e. The van der Waals surface area contributed by atoms with Crippen molar-refractivity contribution >= 4 is 17.5 Å². The molecule has 2 aromatic rings. The number of aryl methyl sites for hydroxylation is 2. The lowest BCUT2D eigenvalue weighted by Crippen LogP contribution is -2.19. The maximum atomic E-state index is 12.4. The maximum Gasteiger partial charge on any atom is 0.274 e. The van der Waals surface area contributed by atoms with E-state index in [-0.39, 0.29) is 5.91 Å². The van der Waals surface area contributed by atoms with Crippen molar-refractivity contribution in [2.24, 2.45) is 0 Å². The van der Waals surface area contributed by atoms with Gasteiger partial charge in [-0.1, -0.05) is 12.1 Å². The number of hydrogen-bond donors (Lipinski definition) is 2. The van der Waals surface area contributed by atoms with Gasteiger partial charge in [-0.2, -0.15) is 0 Å². The van der Waals surface area contributed by atoms with Crippen LogP contribution in [0.4, 0.5) is 11.6 Å². The van der Waals surface area contributed by atoms with Gasteiger partial charge in [0.1, 0.15) is 5.69 Å². The zero-order chi connectivity index (χ0) is 17.5. The molecule has 0 unspecified atom stereocenters. The molecule has 1 amide bonds. The van der Waals surface area contributed by atoms with Crippen molar-refractivity contribution in [3.8, 4) is 0 Å². The smallest absolute Gasteiger partial charge is 0.274 e. The molecule has 0 radical (unpaired) electrons. The molecule has 0 atom stereocenters. The Morgan fingerprint density at radius 1 is 1.17 bits per heavy atom. The van der Waals surface area contributed by atoms with Crippen LogP contribution in [0.25, 0.3) is 0 Å². The van der Waals surface area contributed by atoms with Crippen molar-refractivity contribution in [3.63, 3.8) is 0 Å². The molecule has 128 valence electrons. The molecular formula is C18H25N5O. The number of benzene rings is 1. The molecule has 1 heterocycles. The summed E-state index contributed by atoms with van der Waals surface area (Å²) in [5.74, 6) is 0.255. The van der Waals surface area contributed by atoms with E-state index < -0.39 is 0 Å². The monoisotopic (exact) mass is 327 g/mol. The van der Waals surface area contributed by atoms with Gasteiger partial charge >= 0.3 is 0 Å². The van der Waals surface area contributed by atoms with Crippen LogP contribution in [0.15, 0.2) is 30.3 Å². The third-order valence-electron chi connectivity index (χ3n) is 3.43. The van der Waals surface area contributed by atoms with Gasteiger partial charge in [0.15, 0.2) is 0 Å². The molecule has 0 aliphatic rings. The summed E-state index contributed by atoms with van der Waals surface area (Å²) < 4.78 is 0. The van der Waals surface area contributed by atoms with Gasteiger partial charge in [0.2, 0.25) is 5.95 Å². The van der Waals surface area contributed by atoms with E-state index in [0.717, 1.165) is 36.5 Å². The Morgan fingerprint density at radius 3 is 2.67 bits per heavy atom. The van der Waals surface area contributed by atoms with Crippen LogP contribution in [0.5, 0.6) is 0 Å². The fraction of sp³-hybridized carbons (Fsp3) is 0.389. The molecule has 0 aliphatic carbocycles. The Hall–Kier alpha value is -2.47. The number of rotatable bonds is 7. The van der Waals surface area contributed by atoms with Crippen molar-refractivity contribution in [2.45, 2.75) is 20.3 Å². The number of anilines is 2. The SMILES string of the molecule is Cc1cccc(NC(=O)c2cc(C)nc(NCCCN(C)C)n2)c1. The lowest BCUT2D eigenvalue weighted by molar-refractivity contribution is 0.102. The average Bonchev–Trinajstić information content (AvgIpc) is 2.51. The summed E-state index contributed by atoms with van der Waals surface area (Å²) in [6.07, 6.45) is 0.981. The van der Waals surface area contributed by atoms with Gasteiger partial charge in [-0.05, 0) is 64.7 Å². The van der Waals surface area contributed by atoms with Gasteiger partial charge in [-0.3, -0.25) is 4.79 Å². The molecule has 0 saturated carbocycles. The molecule has 2 rings (SSSR count). The highest BCUT2D eigenvalue weighted by Crippen LogP contribution is 2.12. The van der Waals surface area contributed by atoms with Crippen molar-refractivity contribution < 1.29 is 4.79 Å². The molecule has 2 N–H and O–H groups in total. The molecule has 24 heavy (non-hydrogen) atoms. The Bertz CT molecular complexity index is 700. The third kappa shape index (κ3) is 5.62. The van der Waals surface area contributed by atoms with Crippen molar-refractivity contribution in [3.05, 3.63) is 47.3 Å². The van der Waals surface area contributed by atoms with Crippen LogP contribution in [0.3, 0.4) is 0 Å². The topological polar surface area (TPSA) is 70.2 Å². The van der Waals surface area contributed by atoms with E-state index in [1.165, 1.54) is 0 Å². The lowest BCUT2D eigenvalue weighted by Gasteiger charge is -2.11. The fourth-order valence-electron chi connectivity index (χ4n) is 2.28. The molecule has 0 aliphatic heterocycles. The van der Waals surface area contributed by atoms with Gasteiger partial charge < -0.3 is 15.5 Å². The molecular weight excluding hydrogens is 302 g/mol. The summed E-state index contributed by atoms with van der Waals surface area (Å²) in [6, 6.07) is 9.37. The maximum absolute atomic E-state index is 12.4. The molecule has 0 fully saturated rings. The van der Waals surface area contributed by atoms with Crippen molar-refractivity contribution in [1.29, 1.82) is 0 Å². The highest BCUT2D eigenvalue weighted by atomic mass is 16.1. The van der Waals surface area contributed by atoms with Crippen molar-refractivity contribution in [1.82, 2.24) is 14.9 Å². The first-order valence-corrected chi connectivity index (χ1v) is 8.06. The molecule has 6 nitrogen and oxygen atoms in total. The Morgan fingerprint density at radius 2 is 1.96 bits per heavy atom. The Kier molecular flexibility index (Phi) is 6.26. The van der Waals surface area contributed by atoms with Crippen LogP contribution in [0, 0.1) is 13.8 Å². The van der Waals surface area contributed by atoms with Gasteiger partial charge in [-0.15, -0.1) is 0 Å². The molecule has 0 saturated heterocycles. The lowest BCUT2D eigenvalue weighted by atomic mass is 10.2. The zero-order valence-corrected chi connectivity index (χ0v) is 14.8. The minimum Gasteiger partial charge on any atom is -0.354 e. The number of nitrogens with zero attached hydrogens (tertiary/aromatic N) is 3. The third-order valence-corrected chi connectivity index (χ3v) is 3.43. The van der Waals surface area contributed by atoms with Crippen LogP contribution in [0.1, 0.15) is 28.2 Å². The number of carbonyl (C=O) groups is 1. The minimum atomic E-state index is -0.234. The summed E-state index contributed by atoms with van der Waals surface area (Å²) in [5.41, 5.74) is 2.97. The summed E-state index contributed by atoms with van der Waals surface area (Å²) >= 11 is 0.